The fourth-order valence-electron chi connectivity index (χ4n) is 0.965. The molecule has 0 atom stereocenters. The summed E-state index contributed by atoms with van der Waals surface area (Å²) in [5.74, 6) is -2.16. The SMILES string of the molecule is O=C([O-])COc1ccccc1OCC(=O)O. The summed E-state index contributed by atoms with van der Waals surface area (Å²) in [5, 5.41) is 18.6. The van der Waals surface area contributed by atoms with Crippen molar-refractivity contribution in [1.82, 2.24) is 0 Å². The second kappa shape index (κ2) is 5.59. The molecule has 0 aromatic heterocycles. The van der Waals surface area contributed by atoms with Crippen LogP contribution >= 0.6 is 0 Å². The van der Waals surface area contributed by atoms with Gasteiger partial charge in [0.25, 0.3) is 0 Å². The molecule has 0 fully saturated rings. The lowest BCUT2D eigenvalue weighted by molar-refractivity contribution is -0.307. The molecule has 0 aliphatic carbocycles. The molecule has 0 unspecified atom stereocenters. The molecule has 0 saturated heterocycles. The molecule has 6 heteroatoms. The average molecular weight is 225 g/mol. The zero-order chi connectivity index (χ0) is 12.0. The predicted octanol–water partition coefficient (Wildman–Crippen LogP) is -0.721. The lowest BCUT2D eigenvalue weighted by Crippen LogP contribution is -2.29. The summed E-state index contributed by atoms with van der Waals surface area (Å²) in [5.41, 5.74) is 0. The Bertz CT molecular complexity index is 350. The molecule has 0 radical (unpaired) electrons. The lowest BCUT2D eigenvalue weighted by Gasteiger charge is -2.11. The maximum Gasteiger partial charge on any atom is 0.341 e. The largest absolute Gasteiger partial charge is 0.546 e. The third-order valence-corrected chi connectivity index (χ3v) is 1.55. The van der Waals surface area contributed by atoms with E-state index in [1.807, 2.05) is 0 Å². The number of hydrogen-bond acceptors (Lipinski definition) is 5. The van der Waals surface area contributed by atoms with E-state index in [1.54, 1.807) is 12.1 Å². The molecule has 1 rings (SSSR count). The van der Waals surface area contributed by atoms with Crippen molar-refractivity contribution < 1.29 is 29.3 Å². The minimum Gasteiger partial charge on any atom is -0.546 e. The number of carbonyl (C=O) groups is 2. The highest BCUT2D eigenvalue weighted by Crippen LogP contribution is 2.26. The van der Waals surface area contributed by atoms with Crippen LogP contribution in [0.5, 0.6) is 11.5 Å². The summed E-state index contributed by atoms with van der Waals surface area (Å²) < 4.78 is 9.74. The molecule has 6 nitrogen and oxygen atoms in total. The van der Waals surface area contributed by atoms with Crippen molar-refractivity contribution in [3.8, 4) is 11.5 Å². The van der Waals surface area contributed by atoms with Crippen LogP contribution in [0, 0.1) is 0 Å². The highest BCUT2D eigenvalue weighted by Gasteiger charge is 2.06. The van der Waals surface area contributed by atoms with E-state index in [0.717, 1.165) is 0 Å². The number of hydrogen-bond donors (Lipinski definition) is 1. The molecule has 86 valence electrons. The fraction of sp³-hybridized carbons (Fsp3) is 0.200. The van der Waals surface area contributed by atoms with Crippen molar-refractivity contribution in [2.24, 2.45) is 0 Å². The van der Waals surface area contributed by atoms with Crippen molar-refractivity contribution in [3.05, 3.63) is 24.3 Å². The van der Waals surface area contributed by atoms with E-state index in [9.17, 15) is 14.7 Å². The third kappa shape index (κ3) is 3.87. The molecule has 0 aliphatic heterocycles. The van der Waals surface area contributed by atoms with E-state index >= 15 is 0 Å². The summed E-state index contributed by atoms with van der Waals surface area (Å²) in [4.78, 5) is 20.5. The molecule has 1 N–H and O–H groups in total. The van der Waals surface area contributed by atoms with Crippen LogP contribution in [0.2, 0.25) is 0 Å². The summed E-state index contributed by atoms with van der Waals surface area (Å²) in [6.07, 6.45) is 0. The van der Waals surface area contributed by atoms with Gasteiger partial charge >= 0.3 is 5.97 Å². The van der Waals surface area contributed by atoms with Crippen molar-refractivity contribution in [3.63, 3.8) is 0 Å². The molecule has 1 aromatic rings. The first-order valence-electron chi connectivity index (χ1n) is 4.36. The van der Waals surface area contributed by atoms with Crippen molar-refractivity contribution >= 4 is 11.9 Å². The number of carbonyl (C=O) groups excluding carboxylic acids is 1. The van der Waals surface area contributed by atoms with Gasteiger partial charge in [0.05, 0.1) is 5.97 Å². The predicted molar refractivity (Wildman–Crippen MR) is 50.1 cm³/mol. The Hall–Kier alpha value is -2.24. The molecular weight excluding hydrogens is 216 g/mol. The normalized spacial score (nSPS) is 9.50. The molecule has 0 bridgehead atoms. The Balaban J connectivity index is 2.67. The van der Waals surface area contributed by atoms with Gasteiger partial charge in [-0.05, 0) is 12.1 Å². The van der Waals surface area contributed by atoms with E-state index in [-0.39, 0.29) is 11.5 Å². The smallest absolute Gasteiger partial charge is 0.341 e. The Labute approximate surface area is 91.0 Å². The zero-order valence-electron chi connectivity index (χ0n) is 8.21. The number of carboxylic acid groups (broad SMARTS) is 2. The van der Waals surface area contributed by atoms with Gasteiger partial charge in [-0.15, -0.1) is 0 Å². The first kappa shape index (κ1) is 11.8. The Kier molecular flexibility index (Phi) is 4.14. The number of aliphatic carboxylic acids is 2. The number of benzene rings is 1. The Morgan fingerprint density at radius 2 is 1.62 bits per heavy atom. The Morgan fingerprint density at radius 1 is 1.12 bits per heavy atom. The van der Waals surface area contributed by atoms with E-state index in [0.29, 0.717) is 0 Å². The van der Waals surface area contributed by atoms with Crippen LogP contribution in [0.1, 0.15) is 0 Å². The second-order valence-corrected chi connectivity index (χ2v) is 2.79. The molecular formula is C10H9O6-. The second-order valence-electron chi connectivity index (χ2n) is 2.79. The lowest BCUT2D eigenvalue weighted by atomic mass is 10.3. The molecule has 0 spiro atoms. The molecule has 0 amide bonds. The van der Waals surface area contributed by atoms with E-state index in [1.165, 1.54) is 12.1 Å². The average Bonchev–Trinajstić information content (AvgIpc) is 2.24. The van der Waals surface area contributed by atoms with E-state index in [4.69, 9.17) is 14.6 Å². The van der Waals surface area contributed by atoms with Crippen LogP contribution in [-0.4, -0.2) is 30.3 Å². The molecule has 1 aromatic carbocycles. The molecule has 0 heterocycles. The topological polar surface area (TPSA) is 95.9 Å². The highest BCUT2D eigenvalue weighted by atomic mass is 16.5. The summed E-state index contributed by atoms with van der Waals surface area (Å²) >= 11 is 0. The number of ether oxygens (including phenoxy) is 2. The number of para-hydroxylation sites is 2. The van der Waals surface area contributed by atoms with E-state index < -0.39 is 25.2 Å². The minimum absolute atomic E-state index is 0.160. The van der Waals surface area contributed by atoms with Gasteiger partial charge in [-0.25, -0.2) is 4.79 Å². The molecule has 16 heavy (non-hydrogen) atoms. The molecule has 0 aliphatic rings. The summed E-state index contributed by atoms with van der Waals surface area (Å²) in [6, 6.07) is 6.18. The minimum atomic E-state index is -1.37. The standard InChI is InChI=1S/C10H10O6/c11-9(12)5-15-7-3-1-2-4-8(7)16-6-10(13)14/h1-4H,5-6H2,(H,11,12)(H,13,14)/p-1. The van der Waals surface area contributed by atoms with E-state index in [2.05, 4.69) is 0 Å². The van der Waals surface area contributed by atoms with Gasteiger partial charge in [0.2, 0.25) is 0 Å². The van der Waals surface area contributed by atoms with Crippen molar-refractivity contribution in [1.29, 1.82) is 0 Å². The van der Waals surface area contributed by atoms with Gasteiger partial charge in [0.1, 0.15) is 6.61 Å². The van der Waals surface area contributed by atoms with Crippen LogP contribution in [0.25, 0.3) is 0 Å². The van der Waals surface area contributed by atoms with Gasteiger partial charge in [-0.1, -0.05) is 12.1 Å². The molecule has 0 saturated carbocycles. The maximum absolute atomic E-state index is 10.3. The van der Waals surface area contributed by atoms with Gasteiger partial charge in [0, 0.05) is 0 Å². The highest BCUT2D eigenvalue weighted by molar-refractivity contribution is 5.68. The van der Waals surface area contributed by atoms with Crippen LogP contribution in [0.3, 0.4) is 0 Å². The van der Waals surface area contributed by atoms with Crippen LogP contribution in [-0.2, 0) is 9.59 Å². The summed E-state index contributed by atoms with van der Waals surface area (Å²) in [7, 11) is 0. The van der Waals surface area contributed by atoms with Gasteiger partial charge in [-0.2, -0.15) is 0 Å². The van der Waals surface area contributed by atoms with Crippen LogP contribution in [0.15, 0.2) is 24.3 Å². The first-order valence-corrected chi connectivity index (χ1v) is 4.36. The monoisotopic (exact) mass is 225 g/mol. The first-order chi connectivity index (χ1) is 7.59. The van der Waals surface area contributed by atoms with Gasteiger partial charge in [-0.3, -0.25) is 0 Å². The quantitative estimate of drug-likeness (QED) is 0.686. The van der Waals surface area contributed by atoms with Crippen LogP contribution in [0.4, 0.5) is 0 Å². The van der Waals surface area contributed by atoms with Gasteiger partial charge in [0.15, 0.2) is 18.1 Å². The Morgan fingerprint density at radius 3 is 2.06 bits per heavy atom. The summed E-state index contributed by atoms with van der Waals surface area (Å²) in [6.45, 7) is -1.14. The third-order valence-electron chi connectivity index (χ3n) is 1.55. The van der Waals surface area contributed by atoms with Crippen LogP contribution < -0.4 is 14.6 Å². The van der Waals surface area contributed by atoms with Crippen molar-refractivity contribution in [2.75, 3.05) is 13.2 Å². The number of rotatable bonds is 6. The maximum atomic E-state index is 10.3. The number of carboxylic acids is 2. The fourth-order valence-corrected chi connectivity index (χ4v) is 0.965. The zero-order valence-corrected chi connectivity index (χ0v) is 8.21. The van der Waals surface area contributed by atoms with Crippen molar-refractivity contribution in [2.45, 2.75) is 0 Å². The van der Waals surface area contributed by atoms with Gasteiger partial charge < -0.3 is 24.5 Å².